The predicted molar refractivity (Wildman–Crippen MR) is 109 cm³/mol. The van der Waals surface area contributed by atoms with Gasteiger partial charge in [-0.3, -0.25) is 4.79 Å². The second-order valence-electron chi connectivity index (χ2n) is 6.92. The van der Waals surface area contributed by atoms with Crippen LogP contribution >= 0.6 is 0 Å². The standard InChI is InChI=1S/C19H21N5O4S/c1-13(25)23-8-10-24(11-9-23)18-17-16(7-12-28-17)21-19(22-18)20-14-3-5-15(6-4-14)29(2,26)27/h3-7,12H,8-11H2,1-2H3,(H,20,21,22). The normalized spacial score (nSPS) is 15.0. The van der Waals surface area contributed by atoms with Crippen LogP contribution in [0.3, 0.4) is 0 Å². The van der Waals surface area contributed by atoms with Gasteiger partial charge in [-0.25, -0.2) is 13.4 Å². The third-order valence-corrected chi connectivity index (χ3v) is 5.98. The van der Waals surface area contributed by atoms with E-state index in [4.69, 9.17) is 4.42 Å². The Balaban J connectivity index is 1.61. The minimum atomic E-state index is -3.25. The first-order valence-corrected chi connectivity index (χ1v) is 11.0. The molecule has 1 N–H and O–H groups in total. The number of benzene rings is 1. The molecule has 3 aromatic rings. The number of hydrogen-bond acceptors (Lipinski definition) is 8. The van der Waals surface area contributed by atoms with Crippen molar-refractivity contribution in [3.8, 4) is 0 Å². The molecule has 10 heteroatoms. The molecule has 0 unspecified atom stereocenters. The molecule has 1 amide bonds. The molecule has 0 aliphatic carbocycles. The van der Waals surface area contributed by atoms with Crippen molar-refractivity contribution in [3.05, 3.63) is 36.6 Å². The molecule has 29 heavy (non-hydrogen) atoms. The zero-order valence-electron chi connectivity index (χ0n) is 16.1. The molecule has 0 radical (unpaired) electrons. The third-order valence-electron chi connectivity index (χ3n) is 4.85. The number of anilines is 3. The minimum absolute atomic E-state index is 0.0652. The lowest BCUT2D eigenvalue weighted by atomic mass is 10.3. The summed E-state index contributed by atoms with van der Waals surface area (Å²) in [5, 5.41) is 3.12. The highest BCUT2D eigenvalue weighted by atomic mass is 32.2. The van der Waals surface area contributed by atoms with E-state index in [-0.39, 0.29) is 10.8 Å². The van der Waals surface area contributed by atoms with Crippen molar-refractivity contribution in [2.45, 2.75) is 11.8 Å². The smallest absolute Gasteiger partial charge is 0.229 e. The lowest BCUT2D eigenvalue weighted by Crippen LogP contribution is -2.48. The lowest BCUT2D eigenvalue weighted by molar-refractivity contribution is -0.129. The lowest BCUT2D eigenvalue weighted by Gasteiger charge is -2.34. The number of amides is 1. The molecule has 0 bridgehead atoms. The van der Waals surface area contributed by atoms with Crippen LogP contribution in [-0.2, 0) is 14.6 Å². The Kier molecular flexibility index (Phi) is 4.87. The average Bonchev–Trinajstić information content (AvgIpc) is 3.16. The van der Waals surface area contributed by atoms with Crippen molar-refractivity contribution in [2.24, 2.45) is 0 Å². The van der Waals surface area contributed by atoms with Gasteiger partial charge in [-0.15, -0.1) is 0 Å². The van der Waals surface area contributed by atoms with E-state index < -0.39 is 9.84 Å². The van der Waals surface area contributed by atoms with Crippen LogP contribution in [0.25, 0.3) is 11.1 Å². The van der Waals surface area contributed by atoms with Crippen molar-refractivity contribution in [2.75, 3.05) is 42.7 Å². The van der Waals surface area contributed by atoms with Gasteiger partial charge in [0.15, 0.2) is 21.2 Å². The fraction of sp³-hybridized carbons (Fsp3) is 0.316. The Bertz CT molecular complexity index is 1150. The molecule has 1 aromatic carbocycles. The molecular formula is C19H21N5O4S. The molecule has 152 valence electrons. The number of piperazine rings is 1. The first-order valence-electron chi connectivity index (χ1n) is 9.14. The van der Waals surface area contributed by atoms with Crippen molar-refractivity contribution < 1.29 is 17.6 Å². The summed E-state index contributed by atoms with van der Waals surface area (Å²) < 4.78 is 28.8. The first kappa shape index (κ1) is 19.2. The van der Waals surface area contributed by atoms with Gasteiger partial charge in [0.2, 0.25) is 11.9 Å². The van der Waals surface area contributed by atoms with E-state index in [1.165, 1.54) is 18.4 Å². The largest absolute Gasteiger partial charge is 0.459 e. The zero-order chi connectivity index (χ0) is 20.6. The monoisotopic (exact) mass is 415 g/mol. The Labute approximate surface area is 168 Å². The molecule has 9 nitrogen and oxygen atoms in total. The van der Waals surface area contributed by atoms with Gasteiger partial charge in [0, 0.05) is 51.1 Å². The van der Waals surface area contributed by atoms with Gasteiger partial charge in [-0.05, 0) is 24.3 Å². The van der Waals surface area contributed by atoms with E-state index in [0.717, 1.165) is 0 Å². The Morgan fingerprint density at radius 1 is 1.07 bits per heavy atom. The second-order valence-corrected chi connectivity index (χ2v) is 8.94. The summed E-state index contributed by atoms with van der Waals surface area (Å²) >= 11 is 0. The van der Waals surface area contributed by atoms with Crippen LogP contribution in [0.5, 0.6) is 0 Å². The van der Waals surface area contributed by atoms with E-state index in [1.54, 1.807) is 36.3 Å². The van der Waals surface area contributed by atoms with Crippen LogP contribution in [0.4, 0.5) is 17.5 Å². The van der Waals surface area contributed by atoms with E-state index in [0.29, 0.717) is 54.7 Å². The summed E-state index contributed by atoms with van der Waals surface area (Å²) in [6, 6.07) is 8.19. The topological polar surface area (TPSA) is 109 Å². The van der Waals surface area contributed by atoms with Gasteiger partial charge < -0.3 is 19.5 Å². The summed E-state index contributed by atoms with van der Waals surface area (Å²) in [5.41, 5.74) is 1.94. The Hall–Kier alpha value is -3.14. The fourth-order valence-corrected chi connectivity index (χ4v) is 3.90. The highest BCUT2D eigenvalue weighted by Gasteiger charge is 2.23. The first-order chi connectivity index (χ1) is 13.8. The number of rotatable bonds is 4. The molecule has 1 aliphatic rings. The minimum Gasteiger partial charge on any atom is -0.459 e. The van der Waals surface area contributed by atoms with Crippen LogP contribution in [0.15, 0.2) is 45.9 Å². The van der Waals surface area contributed by atoms with Crippen molar-refractivity contribution in [1.29, 1.82) is 0 Å². The average molecular weight is 415 g/mol. The fourth-order valence-electron chi connectivity index (χ4n) is 3.27. The van der Waals surface area contributed by atoms with Crippen molar-refractivity contribution >= 4 is 44.3 Å². The summed E-state index contributed by atoms with van der Waals surface area (Å²) in [5.74, 6) is 1.11. The van der Waals surface area contributed by atoms with Gasteiger partial charge in [0.1, 0.15) is 5.52 Å². The van der Waals surface area contributed by atoms with E-state index in [9.17, 15) is 13.2 Å². The molecule has 1 fully saturated rings. The molecule has 0 saturated carbocycles. The number of furan rings is 1. The number of sulfone groups is 1. The highest BCUT2D eigenvalue weighted by molar-refractivity contribution is 7.90. The van der Waals surface area contributed by atoms with Crippen molar-refractivity contribution in [1.82, 2.24) is 14.9 Å². The Morgan fingerprint density at radius 2 is 1.76 bits per heavy atom. The molecule has 1 saturated heterocycles. The zero-order valence-corrected chi connectivity index (χ0v) is 16.9. The maximum atomic E-state index is 11.6. The maximum absolute atomic E-state index is 11.6. The maximum Gasteiger partial charge on any atom is 0.229 e. The molecule has 3 heterocycles. The van der Waals surface area contributed by atoms with Gasteiger partial charge in [-0.1, -0.05) is 0 Å². The van der Waals surface area contributed by atoms with Crippen LogP contribution in [0.1, 0.15) is 6.92 Å². The molecule has 1 aliphatic heterocycles. The van der Waals surface area contributed by atoms with Crippen molar-refractivity contribution in [3.63, 3.8) is 0 Å². The third kappa shape index (κ3) is 4.02. The van der Waals surface area contributed by atoms with Gasteiger partial charge in [-0.2, -0.15) is 4.98 Å². The molecular weight excluding hydrogens is 394 g/mol. The van der Waals surface area contributed by atoms with E-state index in [1.807, 2.05) is 0 Å². The summed E-state index contributed by atoms with van der Waals surface area (Å²) in [7, 11) is -3.25. The number of aromatic nitrogens is 2. The van der Waals surface area contributed by atoms with Crippen LogP contribution in [0.2, 0.25) is 0 Å². The number of carbonyl (C=O) groups excluding carboxylic acids is 1. The molecule has 0 spiro atoms. The second kappa shape index (κ2) is 7.36. The SMILES string of the molecule is CC(=O)N1CCN(c2nc(Nc3ccc(S(C)(=O)=O)cc3)nc3ccoc23)CC1. The number of fused-ring (bicyclic) bond motifs is 1. The van der Waals surface area contributed by atoms with Gasteiger partial charge >= 0.3 is 0 Å². The summed E-state index contributed by atoms with van der Waals surface area (Å²) in [6.45, 7) is 4.11. The predicted octanol–water partition coefficient (Wildman–Crippen LogP) is 2.04. The number of nitrogens with one attached hydrogen (secondary N) is 1. The van der Waals surface area contributed by atoms with Crippen LogP contribution in [0, 0.1) is 0 Å². The quantitative estimate of drug-likeness (QED) is 0.690. The Morgan fingerprint density at radius 3 is 2.38 bits per heavy atom. The van der Waals surface area contributed by atoms with Gasteiger partial charge in [0.25, 0.3) is 0 Å². The number of carbonyl (C=O) groups is 1. The highest BCUT2D eigenvalue weighted by Crippen LogP contribution is 2.28. The molecule has 4 rings (SSSR count). The molecule has 0 atom stereocenters. The van der Waals surface area contributed by atoms with Crippen LogP contribution in [-0.4, -0.2) is 61.6 Å². The summed E-state index contributed by atoms with van der Waals surface area (Å²) in [6.07, 6.45) is 2.74. The van der Waals surface area contributed by atoms with E-state index >= 15 is 0 Å². The molecule has 2 aromatic heterocycles. The number of hydrogen-bond donors (Lipinski definition) is 1. The summed E-state index contributed by atoms with van der Waals surface area (Å²) in [4.78, 5) is 24.8. The van der Waals surface area contributed by atoms with Gasteiger partial charge in [0.05, 0.1) is 11.2 Å². The number of nitrogens with zero attached hydrogens (tertiary/aromatic N) is 4. The van der Waals surface area contributed by atoms with E-state index in [2.05, 4.69) is 20.2 Å². The van der Waals surface area contributed by atoms with Crippen LogP contribution < -0.4 is 10.2 Å².